The molecule has 2 bridgehead atoms. The third kappa shape index (κ3) is 3.61. The fourth-order valence-corrected chi connectivity index (χ4v) is 6.21. The van der Waals surface area contributed by atoms with Crippen molar-refractivity contribution in [3.05, 3.63) is 82.8 Å². The van der Waals surface area contributed by atoms with E-state index in [4.69, 9.17) is 0 Å². The predicted molar refractivity (Wildman–Crippen MR) is 117 cm³/mol. The number of fused-ring (bicyclic) bond motifs is 4. The number of carbonyl (C=O) groups is 1. The molecule has 2 aliphatic heterocycles. The van der Waals surface area contributed by atoms with E-state index in [1.165, 1.54) is 29.1 Å². The maximum Gasteiger partial charge on any atom is 0.258 e. The molecule has 2 atom stereocenters. The van der Waals surface area contributed by atoms with Crippen LogP contribution >= 0.6 is 0 Å². The monoisotopic (exact) mass is 451 g/mol. The standard InChI is InChI=1S/C22H21N5O4S/c28-20-7-6-19(25-22(29)17-9-23-14-24-10-17)21-16-8-15(12-27(20)21)11-26(13-16)32(30,31)18-4-2-1-3-5-18/h1-7,9-10,14-16H,8,11-13H2,(H,25,29). The second-order valence-corrected chi connectivity index (χ2v) is 10.0. The summed E-state index contributed by atoms with van der Waals surface area (Å²) < 4.78 is 29.6. The van der Waals surface area contributed by atoms with Gasteiger partial charge in [-0.15, -0.1) is 0 Å². The van der Waals surface area contributed by atoms with Crippen molar-refractivity contribution in [3.63, 3.8) is 0 Å². The van der Waals surface area contributed by atoms with Crippen molar-refractivity contribution in [2.45, 2.75) is 23.8 Å². The van der Waals surface area contributed by atoms with Crippen molar-refractivity contribution in [1.82, 2.24) is 18.8 Å². The number of nitrogens with zero attached hydrogens (tertiary/aromatic N) is 4. The first-order valence-corrected chi connectivity index (χ1v) is 11.7. The number of piperidine rings is 1. The van der Waals surface area contributed by atoms with Crippen molar-refractivity contribution in [3.8, 4) is 0 Å². The SMILES string of the molecule is O=C(Nc1ccc(=O)n2c1C1CC(CN(S(=O)(=O)c3ccccc3)C1)C2)c1cncnc1. The summed E-state index contributed by atoms with van der Waals surface area (Å²) in [7, 11) is -3.65. The second-order valence-electron chi connectivity index (χ2n) is 8.10. The lowest BCUT2D eigenvalue weighted by atomic mass is 9.83. The van der Waals surface area contributed by atoms with Crippen molar-refractivity contribution in [2.24, 2.45) is 5.92 Å². The minimum Gasteiger partial charge on any atom is -0.320 e. The number of benzene rings is 1. The Balaban J connectivity index is 1.49. The lowest BCUT2D eigenvalue weighted by Gasteiger charge is -2.42. The molecule has 1 N–H and O–H groups in total. The van der Waals surface area contributed by atoms with E-state index in [9.17, 15) is 18.0 Å². The molecule has 0 saturated carbocycles. The molecule has 2 aliphatic rings. The van der Waals surface area contributed by atoms with E-state index in [-0.39, 0.29) is 28.8 Å². The molecule has 32 heavy (non-hydrogen) atoms. The summed E-state index contributed by atoms with van der Waals surface area (Å²) in [5.41, 5.74) is 1.30. The number of hydrogen-bond acceptors (Lipinski definition) is 6. The van der Waals surface area contributed by atoms with E-state index in [0.717, 1.165) is 6.42 Å². The van der Waals surface area contributed by atoms with Crippen LogP contribution in [-0.4, -0.2) is 46.3 Å². The average molecular weight is 452 g/mol. The van der Waals surface area contributed by atoms with E-state index < -0.39 is 15.9 Å². The van der Waals surface area contributed by atoms with Gasteiger partial charge in [0.2, 0.25) is 10.0 Å². The second kappa shape index (κ2) is 7.95. The zero-order valence-corrected chi connectivity index (χ0v) is 17.9. The van der Waals surface area contributed by atoms with E-state index >= 15 is 0 Å². The number of carbonyl (C=O) groups excluding carboxylic acids is 1. The largest absolute Gasteiger partial charge is 0.320 e. The molecule has 0 radical (unpaired) electrons. The molecular weight excluding hydrogens is 430 g/mol. The average Bonchev–Trinajstić information content (AvgIpc) is 2.82. The molecule has 1 saturated heterocycles. The number of amides is 1. The number of aromatic nitrogens is 3. The predicted octanol–water partition coefficient (Wildman–Crippen LogP) is 1.70. The topological polar surface area (TPSA) is 114 Å². The molecule has 5 rings (SSSR count). The van der Waals surface area contributed by atoms with E-state index in [0.29, 0.717) is 30.0 Å². The molecule has 164 valence electrons. The van der Waals surface area contributed by atoms with E-state index in [2.05, 4.69) is 15.3 Å². The maximum atomic E-state index is 13.2. The smallest absolute Gasteiger partial charge is 0.258 e. The highest BCUT2D eigenvalue weighted by Crippen LogP contribution is 2.40. The van der Waals surface area contributed by atoms with Crippen molar-refractivity contribution < 1.29 is 13.2 Å². The molecular formula is C22H21N5O4S. The van der Waals surface area contributed by atoms with Crippen LogP contribution in [0.4, 0.5) is 5.69 Å². The molecule has 10 heteroatoms. The molecule has 2 unspecified atom stereocenters. The Hall–Kier alpha value is -3.37. The number of anilines is 1. The van der Waals surface area contributed by atoms with Gasteiger partial charge in [0.15, 0.2) is 0 Å². The quantitative estimate of drug-likeness (QED) is 0.646. The number of hydrogen-bond donors (Lipinski definition) is 1. The summed E-state index contributed by atoms with van der Waals surface area (Å²) in [4.78, 5) is 33.3. The van der Waals surface area contributed by atoms with Gasteiger partial charge in [-0.3, -0.25) is 9.59 Å². The molecule has 1 aromatic carbocycles. The zero-order chi connectivity index (χ0) is 22.3. The summed E-state index contributed by atoms with van der Waals surface area (Å²) in [6, 6.07) is 11.4. The third-order valence-corrected chi connectivity index (χ3v) is 7.85. The minimum atomic E-state index is -3.65. The van der Waals surface area contributed by atoms with Gasteiger partial charge in [0, 0.05) is 49.7 Å². The van der Waals surface area contributed by atoms with Gasteiger partial charge in [0.05, 0.1) is 16.1 Å². The Morgan fingerprint density at radius 1 is 1.00 bits per heavy atom. The normalized spacial score (nSPS) is 20.4. The summed E-state index contributed by atoms with van der Waals surface area (Å²) >= 11 is 0. The fraction of sp³-hybridized carbons (Fsp3) is 0.273. The first-order chi connectivity index (χ1) is 15.4. The first-order valence-electron chi connectivity index (χ1n) is 10.3. The van der Waals surface area contributed by atoms with Crippen LogP contribution in [0.5, 0.6) is 0 Å². The summed E-state index contributed by atoms with van der Waals surface area (Å²) in [6.07, 6.45) is 4.91. The summed E-state index contributed by atoms with van der Waals surface area (Å²) in [5, 5.41) is 2.86. The molecule has 3 aromatic rings. The van der Waals surface area contributed by atoms with Crippen LogP contribution in [0, 0.1) is 5.92 Å². The van der Waals surface area contributed by atoms with Crippen molar-refractivity contribution in [1.29, 1.82) is 0 Å². The van der Waals surface area contributed by atoms with Crippen LogP contribution in [0.15, 0.2) is 70.9 Å². The Labute approximate surface area is 184 Å². The summed E-state index contributed by atoms with van der Waals surface area (Å²) in [5.74, 6) is -0.582. The Morgan fingerprint density at radius 2 is 1.75 bits per heavy atom. The van der Waals surface area contributed by atoms with Gasteiger partial charge in [-0.05, 0) is 30.5 Å². The molecule has 2 aromatic heterocycles. The minimum absolute atomic E-state index is 0.0194. The van der Waals surface area contributed by atoms with Gasteiger partial charge in [0.1, 0.15) is 6.33 Å². The summed E-state index contributed by atoms with van der Waals surface area (Å²) in [6.45, 7) is 1.01. The van der Waals surface area contributed by atoms with Crippen molar-refractivity contribution in [2.75, 3.05) is 18.4 Å². The fourth-order valence-electron chi connectivity index (χ4n) is 4.63. The highest BCUT2D eigenvalue weighted by atomic mass is 32.2. The first kappa shape index (κ1) is 20.5. The third-order valence-electron chi connectivity index (χ3n) is 6.01. The Kier molecular flexibility index (Phi) is 5.10. The maximum absolute atomic E-state index is 13.2. The van der Waals surface area contributed by atoms with Gasteiger partial charge in [-0.25, -0.2) is 18.4 Å². The van der Waals surface area contributed by atoms with Crippen LogP contribution in [0.25, 0.3) is 0 Å². The molecule has 0 aliphatic carbocycles. The van der Waals surface area contributed by atoms with Gasteiger partial charge < -0.3 is 9.88 Å². The van der Waals surface area contributed by atoms with Crippen LogP contribution in [0.2, 0.25) is 0 Å². The lowest BCUT2D eigenvalue weighted by Crippen LogP contribution is -2.49. The number of nitrogens with one attached hydrogen (secondary N) is 1. The highest BCUT2D eigenvalue weighted by molar-refractivity contribution is 7.89. The van der Waals surface area contributed by atoms with Gasteiger partial charge >= 0.3 is 0 Å². The highest BCUT2D eigenvalue weighted by Gasteiger charge is 2.40. The molecule has 4 heterocycles. The molecule has 1 fully saturated rings. The van der Waals surface area contributed by atoms with Crippen LogP contribution < -0.4 is 10.9 Å². The molecule has 0 spiro atoms. The number of rotatable bonds is 4. The van der Waals surface area contributed by atoms with Gasteiger partial charge in [-0.1, -0.05) is 18.2 Å². The van der Waals surface area contributed by atoms with E-state index in [1.807, 2.05) is 0 Å². The van der Waals surface area contributed by atoms with E-state index in [1.54, 1.807) is 41.0 Å². The van der Waals surface area contributed by atoms with Crippen LogP contribution in [-0.2, 0) is 16.6 Å². The van der Waals surface area contributed by atoms with Crippen LogP contribution in [0.1, 0.15) is 28.4 Å². The molecule has 1 amide bonds. The number of sulfonamides is 1. The number of pyridine rings is 1. The molecule has 9 nitrogen and oxygen atoms in total. The van der Waals surface area contributed by atoms with Crippen LogP contribution in [0.3, 0.4) is 0 Å². The lowest BCUT2D eigenvalue weighted by molar-refractivity contribution is 0.102. The van der Waals surface area contributed by atoms with Gasteiger partial charge in [0.25, 0.3) is 11.5 Å². The van der Waals surface area contributed by atoms with Crippen molar-refractivity contribution >= 4 is 21.6 Å². The zero-order valence-electron chi connectivity index (χ0n) is 17.1. The Bertz CT molecular complexity index is 1330. The van der Waals surface area contributed by atoms with Gasteiger partial charge in [-0.2, -0.15) is 4.31 Å². The Morgan fingerprint density at radius 3 is 2.50 bits per heavy atom.